The lowest BCUT2D eigenvalue weighted by molar-refractivity contribution is -0.134. The van der Waals surface area contributed by atoms with Gasteiger partial charge in [-0.2, -0.15) is 0 Å². The van der Waals surface area contributed by atoms with Gasteiger partial charge in [0, 0.05) is 25.4 Å². The number of rotatable bonds is 12. The summed E-state index contributed by atoms with van der Waals surface area (Å²) in [6.07, 6.45) is 0.622. The van der Waals surface area contributed by atoms with Gasteiger partial charge in [-0.25, -0.2) is 4.79 Å². The van der Waals surface area contributed by atoms with Gasteiger partial charge in [-0.3, -0.25) is 14.4 Å². The number of Topliss-reactive ketones (excluding diaryl/α,β-unsaturated/α-hetero) is 1. The van der Waals surface area contributed by atoms with Crippen LogP contribution in [0.25, 0.3) is 10.8 Å². The van der Waals surface area contributed by atoms with E-state index in [2.05, 4.69) is 10.6 Å². The van der Waals surface area contributed by atoms with Gasteiger partial charge < -0.3 is 30.1 Å². The van der Waals surface area contributed by atoms with Crippen molar-refractivity contribution < 1.29 is 33.8 Å². The quantitative estimate of drug-likeness (QED) is 0.282. The van der Waals surface area contributed by atoms with E-state index in [1.165, 1.54) is 0 Å². The Balaban J connectivity index is 1.45. The predicted octanol–water partition coefficient (Wildman–Crippen LogP) is 3.78. The normalized spacial score (nSPS) is 15.2. The molecular formula is C35H43N3O7. The third kappa shape index (κ3) is 10.1. The van der Waals surface area contributed by atoms with Crippen LogP contribution in [0.4, 0.5) is 4.79 Å². The van der Waals surface area contributed by atoms with E-state index in [-0.39, 0.29) is 25.5 Å². The van der Waals surface area contributed by atoms with Crippen molar-refractivity contribution in [3.05, 3.63) is 83.9 Å². The van der Waals surface area contributed by atoms with Gasteiger partial charge in [-0.05, 0) is 55.5 Å². The molecule has 0 aliphatic carbocycles. The van der Waals surface area contributed by atoms with Crippen molar-refractivity contribution in [2.75, 3.05) is 26.3 Å². The minimum Gasteiger partial charge on any atom is -0.444 e. The first-order valence-electron chi connectivity index (χ1n) is 15.3. The summed E-state index contributed by atoms with van der Waals surface area (Å²) in [6.45, 7) is 5.46. The zero-order valence-electron chi connectivity index (χ0n) is 26.2. The summed E-state index contributed by atoms with van der Waals surface area (Å²) in [6, 6.07) is 21.0. The number of carbonyl (C=O) groups excluding carboxylic acids is 4. The van der Waals surface area contributed by atoms with Crippen molar-refractivity contribution >= 4 is 34.5 Å². The predicted molar refractivity (Wildman–Crippen MR) is 170 cm³/mol. The monoisotopic (exact) mass is 617 g/mol. The zero-order valence-corrected chi connectivity index (χ0v) is 26.2. The van der Waals surface area contributed by atoms with Gasteiger partial charge in [-0.15, -0.1) is 0 Å². The van der Waals surface area contributed by atoms with Gasteiger partial charge >= 0.3 is 6.09 Å². The molecule has 0 unspecified atom stereocenters. The lowest BCUT2D eigenvalue weighted by Gasteiger charge is -2.33. The molecule has 10 heteroatoms. The summed E-state index contributed by atoms with van der Waals surface area (Å²) in [5.74, 6) is -1.86. The molecule has 3 aromatic rings. The third-order valence-corrected chi connectivity index (χ3v) is 7.66. The molecule has 0 bridgehead atoms. The first kappa shape index (κ1) is 33.6. The molecule has 1 aliphatic heterocycles. The van der Waals surface area contributed by atoms with Crippen molar-refractivity contribution in [2.24, 2.45) is 5.92 Å². The number of ether oxygens (including phenoxy) is 2. The molecule has 2 atom stereocenters. The van der Waals surface area contributed by atoms with Crippen LogP contribution in [0.1, 0.15) is 44.7 Å². The van der Waals surface area contributed by atoms with Crippen molar-refractivity contribution in [1.82, 2.24) is 15.5 Å². The second kappa shape index (κ2) is 15.6. The van der Waals surface area contributed by atoms with E-state index in [1.807, 2.05) is 72.8 Å². The van der Waals surface area contributed by atoms with E-state index >= 15 is 0 Å². The number of likely N-dealkylation sites (tertiary alicyclic amines) is 1. The molecule has 1 heterocycles. The van der Waals surface area contributed by atoms with Crippen molar-refractivity contribution in [3.8, 4) is 0 Å². The highest BCUT2D eigenvalue weighted by atomic mass is 16.6. The number of nitrogens with zero attached hydrogens (tertiary/aromatic N) is 1. The fraction of sp³-hybridized carbons (Fsp3) is 0.429. The Morgan fingerprint density at radius 1 is 0.867 bits per heavy atom. The largest absolute Gasteiger partial charge is 0.444 e. The minimum atomic E-state index is -1.10. The summed E-state index contributed by atoms with van der Waals surface area (Å²) in [5.41, 5.74) is 1.12. The lowest BCUT2D eigenvalue weighted by Crippen LogP contribution is -2.55. The molecular weight excluding hydrogens is 574 g/mol. The first-order valence-corrected chi connectivity index (χ1v) is 15.3. The maximum atomic E-state index is 13.7. The molecule has 3 aromatic carbocycles. The third-order valence-electron chi connectivity index (χ3n) is 7.66. The molecule has 0 spiro atoms. The first-order chi connectivity index (χ1) is 21.5. The van der Waals surface area contributed by atoms with E-state index in [0.717, 1.165) is 21.9 Å². The topological polar surface area (TPSA) is 134 Å². The van der Waals surface area contributed by atoms with E-state index in [9.17, 15) is 24.3 Å². The summed E-state index contributed by atoms with van der Waals surface area (Å²) >= 11 is 0. The standard InChI is InChI=1S/C35H43N3O7/c1-35(2,3)45-34(43)38-17-15-27(16-18-38)32(41)36-29(20-25-13-14-26-11-7-8-12-28(26)19-25)33(42)37-30(31(40)21-39)23-44-22-24-9-5-4-6-10-24/h4-14,19,27,29-30,39H,15-18,20-23H2,1-3H3,(H,36,41)(H,37,42)/t29-,30-/m0/s1. The van der Waals surface area contributed by atoms with Gasteiger partial charge in [0.15, 0.2) is 5.78 Å². The van der Waals surface area contributed by atoms with E-state index < -0.39 is 48.0 Å². The number of aliphatic hydroxyl groups is 1. The Labute approximate surface area is 264 Å². The molecule has 0 aromatic heterocycles. The van der Waals surface area contributed by atoms with Crippen molar-refractivity contribution in [1.29, 1.82) is 0 Å². The highest BCUT2D eigenvalue weighted by molar-refractivity contribution is 5.94. The molecule has 0 radical (unpaired) electrons. The molecule has 4 rings (SSSR count). The van der Waals surface area contributed by atoms with E-state index in [0.29, 0.717) is 25.9 Å². The number of ketones is 1. The number of benzene rings is 3. The SMILES string of the molecule is CC(C)(C)OC(=O)N1CCC(C(=O)N[C@@H](Cc2ccc3ccccc3c2)C(=O)N[C@@H](COCc2ccccc2)C(=O)CO)CC1. The highest BCUT2D eigenvalue weighted by Crippen LogP contribution is 2.21. The molecule has 1 aliphatic rings. The number of piperidine rings is 1. The Morgan fingerprint density at radius 2 is 1.53 bits per heavy atom. The second-order valence-electron chi connectivity index (χ2n) is 12.4. The molecule has 10 nitrogen and oxygen atoms in total. The maximum absolute atomic E-state index is 13.7. The number of hydrogen-bond donors (Lipinski definition) is 3. The van der Waals surface area contributed by atoms with Crippen LogP contribution in [0, 0.1) is 5.92 Å². The van der Waals surface area contributed by atoms with Gasteiger partial charge in [0.25, 0.3) is 0 Å². The van der Waals surface area contributed by atoms with Crippen LogP contribution in [0.2, 0.25) is 0 Å². The highest BCUT2D eigenvalue weighted by Gasteiger charge is 2.33. The van der Waals surface area contributed by atoms with Crippen LogP contribution >= 0.6 is 0 Å². The van der Waals surface area contributed by atoms with E-state index in [4.69, 9.17) is 9.47 Å². The fourth-order valence-corrected chi connectivity index (χ4v) is 5.22. The summed E-state index contributed by atoms with van der Waals surface area (Å²) in [4.78, 5) is 53.8. The molecule has 240 valence electrons. The minimum absolute atomic E-state index is 0.139. The lowest BCUT2D eigenvalue weighted by atomic mass is 9.94. The number of amides is 3. The van der Waals surface area contributed by atoms with Gasteiger partial charge in [0.05, 0.1) is 13.2 Å². The van der Waals surface area contributed by atoms with Crippen molar-refractivity contribution in [3.63, 3.8) is 0 Å². The van der Waals surface area contributed by atoms with Gasteiger partial charge in [0.1, 0.15) is 24.3 Å². The molecule has 3 amide bonds. The number of carbonyl (C=O) groups is 4. The van der Waals surface area contributed by atoms with Crippen LogP contribution in [-0.4, -0.2) is 77.7 Å². The summed E-state index contributed by atoms with van der Waals surface area (Å²) < 4.78 is 11.2. The van der Waals surface area contributed by atoms with Crippen LogP contribution in [0.3, 0.4) is 0 Å². The average Bonchev–Trinajstić information content (AvgIpc) is 3.03. The Kier molecular flexibility index (Phi) is 11.7. The smallest absolute Gasteiger partial charge is 0.410 e. The Morgan fingerprint density at radius 3 is 2.20 bits per heavy atom. The average molecular weight is 618 g/mol. The van der Waals surface area contributed by atoms with E-state index in [1.54, 1.807) is 25.7 Å². The second-order valence-corrected chi connectivity index (χ2v) is 12.4. The van der Waals surface area contributed by atoms with Crippen LogP contribution < -0.4 is 10.6 Å². The van der Waals surface area contributed by atoms with Gasteiger partial charge in [-0.1, -0.05) is 72.8 Å². The zero-order chi connectivity index (χ0) is 32.4. The van der Waals surface area contributed by atoms with Crippen molar-refractivity contribution in [2.45, 2.75) is 64.3 Å². The number of hydrogen-bond acceptors (Lipinski definition) is 7. The molecule has 0 saturated carbocycles. The molecule has 1 saturated heterocycles. The Hall–Kier alpha value is -4.28. The number of aliphatic hydroxyl groups excluding tert-OH is 1. The molecule has 45 heavy (non-hydrogen) atoms. The fourth-order valence-electron chi connectivity index (χ4n) is 5.22. The summed E-state index contributed by atoms with van der Waals surface area (Å²) in [5, 5.41) is 17.2. The molecule has 3 N–H and O–H groups in total. The van der Waals surface area contributed by atoms with Crippen LogP contribution in [0.15, 0.2) is 72.8 Å². The Bertz CT molecular complexity index is 1460. The number of nitrogens with one attached hydrogen (secondary N) is 2. The van der Waals surface area contributed by atoms with Crippen LogP contribution in [0.5, 0.6) is 0 Å². The maximum Gasteiger partial charge on any atom is 0.410 e. The molecule has 1 fully saturated rings. The van der Waals surface area contributed by atoms with Crippen LogP contribution in [-0.2, 0) is 36.9 Å². The van der Waals surface area contributed by atoms with Gasteiger partial charge in [0.2, 0.25) is 11.8 Å². The summed E-state index contributed by atoms with van der Waals surface area (Å²) in [7, 11) is 0. The number of fused-ring (bicyclic) bond motifs is 1.